The average molecular weight is 715 g/mol. The van der Waals surface area contributed by atoms with Crippen molar-refractivity contribution in [3.63, 3.8) is 0 Å². The van der Waals surface area contributed by atoms with E-state index in [0.717, 1.165) is 0 Å². The molecule has 0 bridgehead atoms. The molecule has 1 aliphatic carbocycles. The van der Waals surface area contributed by atoms with E-state index >= 15 is 0 Å². The lowest BCUT2D eigenvalue weighted by Crippen LogP contribution is -2.64. The Bertz CT molecular complexity index is 1060. The van der Waals surface area contributed by atoms with E-state index in [0.29, 0.717) is 0 Å². The summed E-state index contributed by atoms with van der Waals surface area (Å²) in [4.78, 5) is 12.8. The molecule has 0 spiro atoms. The van der Waals surface area contributed by atoms with Crippen LogP contribution in [-0.2, 0) is 33.2 Å². The highest BCUT2D eigenvalue weighted by atomic mass is 16.8. The maximum absolute atomic E-state index is 12.8. The van der Waals surface area contributed by atoms with Gasteiger partial charge in [0.1, 0.15) is 54.9 Å². The molecule has 49 heavy (non-hydrogen) atoms. The fraction of sp³-hybridized carbons (Fsp3) is 0.964. The topological polar surface area (TPSA) is 390 Å². The Hall–Kier alpha value is -1.13. The lowest BCUT2D eigenvalue weighted by atomic mass is 9.76. The van der Waals surface area contributed by atoms with Crippen LogP contribution in [0.15, 0.2) is 0 Å². The van der Waals surface area contributed by atoms with Crippen molar-refractivity contribution >= 4 is 5.78 Å². The van der Waals surface area contributed by atoms with E-state index in [-0.39, 0.29) is 25.9 Å². The van der Waals surface area contributed by atoms with Crippen LogP contribution in [0.3, 0.4) is 0 Å². The number of Topliss-reactive ketones (excluding diaryl/α,β-unsaturated/α-hetero) is 1. The lowest BCUT2D eigenvalue weighted by Gasteiger charge is -2.47. The Kier molecular flexibility index (Phi) is 14.6. The molecule has 0 amide bonds. The molecule has 20 atom stereocenters. The largest absolute Gasteiger partial charge is 0.394 e. The van der Waals surface area contributed by atoms with E-state index in [1.54, 1.807) is 0 Å². The summed E-state index contributed by atoms with van der Waals surface area (Å²) in [5, 5.41) is 84.2. The number of carbonyl (C=O) groups is 1. The zero-order chi connectivity index (χ0) is 36.3. The van der Waals surface area contributed by atoms with E-state index < -0.39 is 148 Å². The summed E-state index contributed by atoms with van der Waals surface area (Å²) < 4.78 is 35.2. The van der Waals surface area contributed by atoms with Crippen LogP contribution in [0.5, 0.6) is 0 Å². The van der Waals surface area contributed by atoms with Gasteiger partial charge in [-0.1, -0.05) is 0 Å². The minimum atomic E-state index is -1.83. The summed E-state index contributed by atoms with van der Waals surface area (Å²) in [7, 11) is 0. The predicted octanol–water partition coefficient (Wildman–Crippen LogP) is -8.94. The van der Waals surface area contributed by atoms with Crippen LogP contribution in [0.25, 0.3) is 0 Å². The Morgan fingerprint density at radius 3 is 1.94 bits per heavy atom. The van der Waals surface area contributed by atoms with Gasteiger partial charge in [0.15, 0.2) is 24.7 Å². The van der Waals surface area contributed by atoms with Crippen molar-refractivity contribution in [3.05, 3.63) is 0 Å². The standard InChI is InChI=1S/C28H54N6O15/c29-4-9-3-11(36)16(33)26(44-9)47-23-10(32)1-8(2-12(37)19(40)13(38)5-30)18(39)25(23)49-28-22(43)24(15(7-35)46-28)48-27-17(34)21(42)20(41)14(6-31)45-27/h8-11,13-28,35-36,38-43H,1-7,29-34H2/t8-,9-,10-,11+,13-,14-,15+,16+,17+,18-,19+,20+,21+,22+,23+,24+,25+,26+,27+,28-/m0/s1. The molecular weight excluding hydrogens is 660 g/mol. The van der Waals surface area contributed by atoms with Crippen LogP contribution in [0.1, 0.15) is 19.3 Å². The van der Waals surface area contributed by atoms with Crippen molar-refractivity contribution < 1.29 is 74.1 Å². The molecule has 4 rings (SSSR count). The molecule has 3 saturated heterocycles. The molecule has 3 aliphatic heterocycles. The van der Waals surface area contributed by atoms with Gasteiger partial charge in [-0.05, 0) is 12.3 Å². The first-order chi connectivity index (χ1) is 23.2. The SMILES string of the molecule is NC[C@@H]1C[C@@H](O)[C@@H](N)[C@@H](O[C@H]2[C@H](O[C@@H]3O[C@H](CO)[C@@H](O[C@H]4O[C@@H](CN)[C@@H](O)[C@H](O)[C@H]4N)[C@H]3O)[C@@H](O)[C@H](CC(=O)[C@@H](O)[C@@H](O)CN)C[C@@H]2N)O1. The first-order valence-electron chi connectivity index (χ1n) is 16.4. The second-order valence-electron chi connectivity index (χ2n) is 13.2. The maximum Gasteiger partial charge on any atom is 0.187 e. The molecule has 0 aromatic rings. The Morgan fingerprint density at radius 1 is 0.714 bits per heavy atom. The van der Waals surface area contributed by atoms with Gasteiger partial charge in [-0.2, -0.15) is 0 Å². The second kappa shape index (κ2) is 17.6. The van der Waals surface area contributed by atoms with Crippen LogP contribution in [-0.4, -0.2) is 189 Å². The smallest absolute Gasteiger partial charge is 0.187 e. The van der Waals surface area contributed by atoms with Gasteiger partial charge in [0.05, 0.1) is 43.1 Å². The average Bonchev–Trinajstić information content (AvgIpc) is 3.38. The van der Waals surface area contributed by atoms with Gasteiger partial charge in [-0.25, -0.2) is 0 Å². The van der Waals surface area contributed by atoms with Crippen molar-refractivity contribution in [2.24, 2.45) is 40.3 Å². The zero-order valence-electron chi connectivity index (χ0n) is 26.9. The van der Waals surface area contributed by atoms with Crippen molar-refractivity contribution in [2.45, 2.75) is 136 Å². The third kappa shape index (κ3) is 8.92. The molecule has 0 aromatic carbocycles. The normalized spacial score (nSPS) is 47.6. The molecule has 3 heterocycles. The molecule has 0 unspecified atom stereocenters. The molecule has 4 aliphatic rings. The molecule has 1 saturated carbocycles. The van der Waals surface area contributed by atoms with Crippen LogP contribution in [0, 0.1) is 5.92 Å². The van der Waals surface area contributed by atoms with Gasteiger partial charge in [0.2, 0.25) is 0 Å². The Morgan fingerprint density at radius 2 is 1.33 bits per heavy atom. The van der Waals surface area contributed by atoms with Gasteiger partial charge in [0, 0.05) is 38.5 Å². The van der Waals surface area contributed by atoms with Gasteiger partial charge in [-0.3, -0.25) is 4.79 Å². The summed E-state index contributed by atoms with van der Waals surface area (Å²) in [5.74, 6) is -1.79. The summed E-state index contributed by atoms with van der Waals surface area (Å²) in [5.41, 5.74) is 35.4. The molecule has 0 radical (unpaired) electrons. The van der Waals surface area contributed by atoms with Gasteiger partial charge >= 0.3 is 0 Å². The summed E-state index contributed by atoms with van der Waals surface area (Å²) in [6, 6.07) is -3.35. The van der Waals surface area contributed by atoms with Crippen molar-refractivity contribution in [1.29, 1.82) is 0 Å². The number of ketones is 1. The predicted molar refractivity (Wildman–Crippen MR) is 163 cm³/mol. The first kappa shape index (κ1) is 40.6. The van der Waals surface area contributed by atoms with Crippen molar-refractivity contribution in [2.75, 3.05) is 26.2 Å². The third-order valence-electron chi connectivity index (χ3n) is 9.72. The van der Waals surface area contributed by atoms with Crippen LogP contribution in [0.4, 0.5) is 0 Å². The van der Waals surface area contributed by atoms with Crippen LogP contribution < -0.4 is 34.4 Å². The number of nitrogens with two attached hydrogens (primary N) is 6. The molecule has 0 aromatic heterocycles. The van der Waals surface area contributed by atoms with E-state index in [4.69, 9.17) is 62.8 Å². The highest BCUT2D eigenvalue weighted by molar-refractivity contribution is 5.83. The molecule has 286 valence electrons. The molecule has 21 nitrogen and oxygen atoms in total. The second-order valence-corrected chi connectivity index (χ2v) is 13.2. The monoisotopic (exact) mass is 714 g/mol. The van der Waals surface area contributed by atoms with Crippen molar-refractivity contribution in [3.8, 4) is 0 Å². The molecule has 4 fully saturated rings. The highest BCUT2D eigenvalue weighted by Crippen LogP contribution is 2.37. The Balaban J connectivity index is 1.57. The zero-order valence-corrected chi connectivity index (χ0v) is 26.9. The third-order valence-corrected chi connectivity index (χ3v) is 9.72. The number of aliphatic hydroxyl groups excluding tert-OH is 8. The molecular formula is C28H54N6O15. The number of hydrogen-bond acceptors (Lipinski definition) is 21. The number of ether oxygens (including phenoxy) is 6. The number of aliphatic hydroxyl groups is 8. The Labute approximate surface area is 282 Å². The number of rotatable bonds is 14. The van der Waals surface area contributed by atoms with Gasteiger partial charge in [-0.15, -0.1) is 0 Å². The summed E-state index contributed by atoms with van der Waals surface area (Å²) in [6.07, 6.45) is -22.4. The quantitative estimate of drug-likeness (QED) is 0.0794. The minimum absolute atomic E-state index is 0.0342. The van der Waals surface area contributed by atoms with Crippen LogP contribution in [0.2, 0.25) is 0 Å². The maximum atomic E-state index is 12.8. The van der Waals surface area contributed by atoms with E-state index in [9.17, 15) is 45.6 Å². The number of carbonyl (C=O) groups excluding carboxylic acids is 1. The van der Waals surface area contributed by atoms with E-state index in [1.165, 1.54) is 0 Å². The fourth-order valence-corrected chi connectivity index (χ4v) is 6.68. The van der Waals surface area contributed by atoms with Gasteiger partial charge < -0.3 is 104 Å². The summed E-state index contributed by atoms with van der Waals surface area (Å²) >= 11 is 0. The minimum Gasteiger partial charge on any atom is -0.394 e. The molecule has 21 heteroatoms. The first-order valence-corrected chi connectivity index (χ1v) is 16.4. The van der Waals surface area contributed by atoms with Crippen LogP contribution >= 0.6 is 0 Å². The van der Waals surface area contributed by atoms with E-state index in [2.05, 4.69) is 0 Å². The van der Waals surface area contributed by atoms with Gasteiger partial charge in [0.25, 0.3) is 0 Å². The van der Waals surface area contributed by atoms with Crippen molar-refractivity contribution in [1.82, 2.24) is 0 Å². The number of hydrogen-bond donors (Lipinski definition) is 14. The molecule has 20 N–H and O–H groups in total. The lowest BCUT2D eigenvalue weighted by molar-refractivity contribution is -0.298. The summed E-state index contributed by atoms with van der Waals surface area (Å²) in [6.45, 7) is -1.27. The van der Waals surface area contributed by atoms with E-state index in [1.807, 2.05) is 0 Å². The fourth-order valence-electron chi connectivity index (χ4n) is 6.68. The highest BCUT2D eigenvalue weighted by Gasteiger charge is 2.54.